The normalized spacial score (nSPS) is 13.8. The highest BCUT2D eigenvalue weighted by atomic mass is 16.2. The zero-order chi connectivity index (χ0) is 12.5. The molecular formula is C12H20N2O2. The van der Waals surface area contributed by atoms with Crippen molar-refractivity contribution in [2.75, 3.05) is 0 Å². The molecule has 0 fully saturated rings. The van der Waals surface area contributed by atoms with Crippen LogP contribution in [0.15, 0.2) is 15.7 Å². The van der Waals surface area contributed by atoms with Crippen LogP contribution in [0.1, 0.15) is 52.7 Å². The van der Waals surface area contributed by atoms with Crippen LogP contribution in [0, 0.1) is 0 Å². The minimum Gasteiger partial charge on any atom is -0.311 e. The van der Waals surface area contributed by atoms with Gasteiger partial charge < -0.3 is 4.98 Å². The Kier molecular flexibility index (Phi) is 3.41. The molecule has 0 saturated carbocycles. The molecule has 0 aliphatic heterocycles. The molecule has 1 atom stereocenters. The minimum atomic E-state index is -0.487. The molecule has 1 heterocycles. The van der Waals surface area contributed by atoms with Crippen molar-refractivity contribution < 1.29 is 0 Å². The van der Waals surface area contributed by atoms with Gasteiger partial charge in [-0.05, 0) is 33.1 Å². The summed E-state index contributed by atoms with van der Waals surface area (Å²) < 4.78 is 1.25. The van der Waals surface area contributed by atoms with E-state index in [1.54, 1.807) is 0 Å². The molecule has 1 N–H and O–H groups in total. The highest BCUT2D eigenvalue weighted by Crippen LogP contribution is 2.14. The number of H-pyrrole nitrogens is 1. The molecule has 1 rings (SSSR count). The van der Waals surface area contributed by atoms with Crippen LogP contribution in [0.5, 0.6) is 0 Å². The summed E-state index contributed by atoms with van der Waals surface area (Å²) in [6.07, 6.45) is 0.898. The van der Waals surface area contributed by atoms with Gasteiger partial charge in [0.1, 0.15) is 0 Å². The van der Waals surface area contributed by atoms with Crippen LogP contribution in [-0.4, -0.2) is 9.55 Å². The van der Waals surface area contributed by atoms with E-state index in [4.69, 9.17) is 0 Å². The predicted octanol–water partition coefficient (Wildman–Crippen LogP) is 1.81. The Morgan fingerprint density at radius 1 is 1.38 bits per heavy atom. The van der Waals surface area contributed by atoms with Gasteiger partial charge in [-0.25, -0.2) is 4.79 Å². The average Bonchev–Trinajstić information content (AvgIpc) is 2.13. The largest absolute Gasteiger partial charge is 0.329 e. The topological polar surface area (TPSA) is 54.9 Å². The van der Waals surface area contributed by atoms with E-state index in [1.807, 2.05) is 34.6 Å². The molecule has 0 spiro atoms. The van der Waals surface area contributed by atoms with Crippen LogP contribution >= 0.6 is 0 Å². The Balaban J connectivity index is 3.41. The summed E-state index contributed by atoms with van der Waals surface area (Å²) >= 11 is 0. The van der Waals surface area contributed by atoms with Crippen LogP contribution in [0.25, 0.3) is 0 Å². The number of rotatable bonds is 2. The summed E-state index contributed by atoms with van der Waals surface area (Å²) in [7, 11) is 0. The first kappa shape index (κ1) is 12.7. The van der Waals surface area contributed by atoms with Gasteiger partial charge in [0.15, 0.2) is 0 Å². The van der Waals surface area contributed by atoms with Gasteiger partial charge in [0.2, 0.25) is 0 Å². The first-order valence-corrected chi connectivity index (χ1v) is 5.64. The van der Waals surface area contributed by atoms with Crippen LogP contribution in [-0.2, 0) is 5.54 Å². The van der Waals surface area contributed by atoms with Crippen molar-refractivity contribution in [3.8, 4) is 0 Å². The lowest BCUT2D eigenvalue weighted by Crippen LogP contribution is -2.45. The summed E-state index contributed by atoms with van der Waals surface area (Å²) in [5.41, 5.74) is -0.321. The summed E-state index contributed by atoms with van der Waals surface area (Å²) in [6, 6.07) is 1.53. The third-order valence-electron chi connectivity index (χ3n) is 2.77. The lowest BCUT2D eigenvalue weighted by Gasteiger charge is -2.21. The van der Waals surface area contributed by atoms with Gasteiger partial charge in [0.05, 0.1) is 0 Å². The van der Waals surface area contributed by atoms with E-state index in [-0.39, 0.29) is 17.2 Å². The third kappa shape index (κ3) is 2.43. The number of aromatic amines is 1. The number of nitrogens with one attached hydrogen (secondary N) is 1. The van der Waals surface area contributed by atoms with Gasteiger partial charge >= 0.3 is 5.69 Å². The lowest BCUT2D eigenvalue weighted by molar-refractivity contribution is 0.364. The second-order valence-electron chi connectivity index (χ2n) is 5.18. The molecular weight excluding hydrogens is 204 g/mol. The summed E-state index contributed by atoms with van der Waals surface area (Å²) in [5, 5.41) is 0. The Morgan fingerprint density at radius 3 is 2.31 bits per heavy atom. The fourth-order valence-electron chi connectivity index (χ4n) is 1.63. The summed E-state index contributed by atoms with van der Waals surface area (Å²) in [6.45, 7) is 9.54. The molecule has 0 aliphatic rings. The Morgan fingerprint density at radius 2 is 1.94 bits per heavy atom. The molecule has 4 nitrogen and oxygen atoms in total. The standard InChI is InChI=1S/C12H20N2O2/c1-6-8(2)9-7-10(15)14(11(16)13-9)12(3,4)5/h7-8H,6H2,1-5H3,(H,13,16)/t8-/m1/s1. The molecule has 0 radical (unpaired) electrons. The Labute approximate surface area is 95.3 Å². The summed E-state index contributed by atoms with van der Waals surface area (Å²) in [4.78, 5) is 26.5. The molecule has 0 aliphatic carbocycles. The van der Waals surface area contributed by atoms with E-state index in [2.05, 4.69) is 4.98 Å². The first-order chi connectivity index (χ1) is 7.27. The maximum Gasteiger partial charge on any atom is 0.329 e. The van der Waals surface area contributed by atoms with Gasteiger partial charge in [0, 0.05) is 17.3 Å². The Bertz CT molecular complexity index is 446. The smallest absolute Gasteiger partial charge is 0.311 e. The fraction of sp³-hybridized carbons (Fsp3) is 0.667. The molecule has 0 bridgehead atoms. The monoisotopic (exact) mass is 224 g/mol. The molecule has 4 heteroatoms. The zero-order valence-corrected chi connectivity index (χ0v) is 10.6. The predicted molar refractivity (Wildman–Crippen MR) is 65.0 cm³/mol. The van der Waals surface area contributed by atoms with E-state index in [0.29, 0.717) is 0 Å². The van der Waals surface area contributed by atoms with E-state index >= 15 is 0 Å². The maximum atomic E-state index is 11.9. The van der Waals surface area contributed by atoms with Crippen molar-refractivity contribution in [3.63, 3.8) is 0 Å². The number of hydrogen-bond donors (Lipinski definition) is 1. The number of aromatic nitrogens is 2. The van der Waals surface area contributed by atoms with Crippen molar-refractivity contribution >= 4 is 0 Å². The maximum absolute atomic E-state index is 11.9. The minimum absolute atomic E-state index is 0.204. The van der Waals surface area contributed by atoms with Crippen molar-refractivity contribution in [3.05, 3.63) is 32.6 Å². The van der Waals surface area contributed by atoms with E-state index in [1.165, 1.54) is 10.6 Å². The molecule has 90 valence electrons. The highest BCUT2D eigenvalue weighted by Gasteiger charge is 2.19. The van der Waals surface area contributed by atoms with Gasteiger partial charge in [-0.3, -0.25) is 9.36 Å². The van der Waals surface area contributed by atoms with Gasteiger partial charge in [-0.1, -0.05) is 13.8 Å². The zero-order valence-electron chi connectivity index (χ0n) is 10.6. The highest BCUT2D eigenvalue weighted by molar-refractivity contribution is 5.06. The lowest BCUT2D eigenvalue weighted by atomic mass is 10.0. The van der Waals surface area contributed by atoms with Gasteiger partial charge in [0.25, 0.3) is 5.56 Å². The second-order valence-corrected chi connectivity index (χ2v) is 5.18. The molecule has 1 aromatic heterocycles. The van der Waals surface area contributed by atoms with Crippen molar-refractivity contribution in [2.24, 2.45) is 0 Å². The molecule has 0 saturated heterocycles. The number of hydrogen-bond acceptors (Lipinski definition) is 2. The van der Waals surface area contributed by atoms with Crippen LogP contribution < -0.4 is 11.2 Å². The first-order valence-electron chi connectivity index (χ1n) is 5.64. The van der Waals surface area contributed by atoms with E-state index in [9.17, 15) is 9.59 Å². The van der Waals surface area contributed by atoms with Crippen molar-refractivity contribution in [1.82, 2.24) is 9.55 Å². The molecule has 16 heavy (non-hydrogen) atoms. The third-order valence-corrected chi connectivity index (χ3v) is 2.77. The summed E-state index contributed by atoms with van der Waals surface area (Å²) in [5.74, 6) is 0.204. The van der Waals surface area contributed by atoms with Crippen LogP contribution in [0.4, 0.5) is 0 Å². The quantitative estimate of drug-likeness (QED) is 0.832. The van der Waals surface area contributed by atoms with Crippen LogP contribution in [0.3, 0.4) is 0 Å². The Hall–Kier alpha value is -1.32. The molecule has 0 unspecified atom stereocenters. The van der Waals surface area contributed by atoms with Crippen molar-refractivity contribution in [1.29, 1.82) is 0 Å². The van der Waals surface area contributed by atoms with Gasteiger partial charge in [-0.2, -0.15) is 0 Å². The average molecular weight is 224 g/mol. The fourth-order valence-corrected chi connectivity index (χ4v) is 1.63. The molecule has 0 amide bonds. The van der Waals surface area contributed by atoms with E-state index in [0.717, 1.165) is 12.1 Å². The SMILES string of the molecule is CC[C@@H](C)c1cc(=O)n(C(C)(C)C)c(=O)[nH]1. The molecule has 0 aromatic carbocycles. The van der Waals surface area contributed by atoms with Crippen LogP contribution in [0.2, 0.25) is 0 Å². The van der Waals surface area contributed by atoms with E-state index < -0.39 is 5.54 Å². The van der Waals surface area contributed by atoms with Crippen molar-refractivity contribution in [2.45, 2.75) is 52.5 Å². The van der Waals surface area contributed by atoms with Gasteiger partial charge in [-0.15, -0.1) is 0 Å². The second kappa shape index (κ2) is 4.28. The molecule has 1 aromatic rings. The number of nitrogens with zero attached hydrogens (tertiary/aromatic N) is 1.